The van der Waals surface area contributed by atoms with E-state index in [1.54, 1.807) is 56.0 Å². The predicted octanol–water partition coefficient (Wildman–Crippen LogP) is 4.19. The van der Waals surface area contributed by atoms with Crippen molar-refractivity contribution < 1.29 is 19.4 Å². The monoisotopic (exact) mass is 439 g/mol. The fraction of sp³-hybridized carbons (Fsp3) is 0.115. The molecule has 1 aliphatic rings. The number of Topliss-reactive ketones (excluding diaryl/α,β-unsaturated/α-hetero) is 1. The average Bonchev–Trinajstić information content (AvgIpc) is 3.39. The maximum absolute atomic E-state index is 13.2. The number of pyridine rings is 1. The number of rotatable bonds is 5. The summed E-state index contributed by atoms with van der Waals surface area (Å²) in [4.78, 5) is 35.1. The van der Waals surface area contributed by atoms with Crippen molar-refractivity contribution in [2.24, 2.45) is 0 Å². The lowest BCUT2D eigenvalue weighted by molar-refractivity contribution is -0.140. The summed E-state index contributed by atoms with van der Waals surface area (Å²) in [7, 11) is 1.57. The van der Waals surface area contributed by atoms with E-state index in [1.165, 1.54) is 4.90 Å². The molecule has 1 unspecified atom stereocenters. The van der Waals surface area contributed by atoms with Gasteiger partial charge in [-0.2, -0.15) is 0 Å². The van der Waals surface area contributed by atoms with Gasteiger partial charge in [0.1, 0.15) is 11.5 Å². The summed E-state index contributed by atoms with van der Waals surface area (Å²) in [6, 6.07) is 17.5. The van der Waals surface area contributed by atoms with Crippen LogP contribution in [0.25, 0.3) is 16.7 Å². The van der Waals surface area contributed by atoms with Crippen LogP contribution in [0, 0.1) is 0 Å². The molecular weight excluding hydrogens is 418 g/mol. The molecule has 0 spiro atoms. The molecule has 2 aromatic carbocycles. The highest BCUT2D eigenvalue weighted by Gasteiger charge is 2.46. The summed E-state index contributed by atoms with van der Waals surface area (Å²) in [5.74, 6) is -0.941. The van der Waals surface area contributed by atoms with Gasteiger partial charge in [0.25, 0.3) is 11.7 Å². The van der Waals surface area contributed by atoms with E-state index in [1.807, 2.05) is 30.3 Å². The molecule has 1 atom stereocenters. The fourth-order valence-corrected chi connectivity index (χ4v) is 4.28. The number of carbonyl (C=O) groups excluding carboxylic acids is 2. The number of amides is 1. The van der Waals surface area contributed by atoms with Crippen LogP contribution in [-0.4, -0.2) is 38.8 Å². The van der Waals surface area contributed by atoms with Gasteiger partial charge in [-0.3, -0.25) is 14.6 Å². The van der Waals surface area contributed by atoms with Gasteiger partial charge in [0.2, 0.25) is 0 Å². The number of aliphatic hydroxyl groups excluding tert-OH is 1. The predicted molar refractivity (Wildman–Crippen MR) is 123 cm³/mol. The van der Waals surface area contributed by atoms with E-state index in [9.17, 15) is 14.7 Å². The molecule has 2 N–H and O–H groups in total. The number of nitrogens with zero attached hydrogens (tertiary/aromatic N) is 2. The Labute approximate surface area is 190 Å². The van der Waals surface area contributed by atoms with Gasteiger partial charge in [-0.15, -0.1) is 0 Å². The molecule has 0 bridgehead atoms. The number of aromatic nitrogens is 2. The first-order valence-corrected chi connectivity index (χ1v) is 10.5. The minimum absolute atomic E-state index is 0.0545. The Kier molecular flexibility index (Phi) is 5.14. The van der Waals surface area contributed by atoms with E-state index in [0.717, 1.165) is 16.5 Å². The van der Waals surface area contributed by atoms with Gasteiger partial charge in [-0.05, 0) is 35.4 Å². The van der Waals surface area contributed by atoms with E-state index in [2.05, 4.69) is 9.97 Å². The highest BCUT2D eigenvalue weighted by atomic mass is 16.5. The molecule has 7 heteroatoms. The van der Waals surface area contributed by atoms with Crippen molar-refractivity contribution in [2.45, 2.75) is 12.6 Å². The third-order valence-electron chi connectivity index (χ3n) is 5.89. The third-order valence-corrected chi connectivity index (χ3v) is 5.89. The van der Waals surface area contributed by atoms with Gasteiger partial charge >= 0.3 is 0 Å². The average molecular weight is 439 g/mol. The van der Waals surface area contributed by atoms with Gasteiger partial charge in [-0.25, -0.2) is 0 Å². The summed E-state index contributed by atoms with van der Waals surface area (Å²) in [5.41, 5.74) is 2.83. The van der Waals surface area contributed by atoms with E-state index in [4.69, 9.17) is 4.74 Å². The van der Waals surface area contributed by atoms with E-state index >= 15 is 0 Å². The number of ether oxygens (including phenoxy) is 1. The second-order valence-electron chi connectivity index (χ2n) is 7.81. The molecular formula is C26H21N3O4. The molecule has 0 saturated carbocycles. The van der Waals surface area contributed by atoms with Crippen LogP contribution in [0.15, 0.2) is 84.8 Å². The molecule has 1 aliphatic heterocycles. The molecule has 1 amide bonds. The topological polar surface area (TPSA) is 95.5 Å². The number of carbonyl (C=O) groups is 2. The minimum atomic E-state index is -0.759. The molecule has 0 radical (unpaired) electrons. The zero-order valence-corrected chi connectivity index (χ0v) is 17.9. The Morgan fingerprint density at radius 3 is 2.61 bits per heavy atom. The van der Waals surface area contributed by atoms with Gasteiger partial charge in [-0.1, -0.05) is 36.4 Å². The van der Waals surface area contributed by atoms with E-state index in [0.29, 0.717) is 16.9 Å². The molecule has 7 nitrogen and oxygen atoms in total. The summed E-state index contributed by atoms with van der Waals surface area (Å²) < 4.78 is 5.26. The first-order chi connectivity index (χ1) is 16.1. The molecule has 2 aromatic heterocycles. The molecule has 1 saturated heterocycles. The SMILES string of the molecule is COc1ccc(C2/C(=C(/O)c3c[nH]c4ccccc34)C(=O)C(=O)N2Cc2cccnc2)cc1. The quantitative estimate of drug-likeness (QED) is 0.276. The normalized spacial score (nSPS) is 17.6. The second kappa shape index (κ2) is 8.27. The van der Waals surface area contributed by atoms with E-state index < -0.39 is 17.7 Å². The number of H-pyrrole nitrogens is 1. The van der Waals surface area contributed by atoms with Gasteiger partial charge < -0.3 is 19.7 Å². The largest absolute Gasteiger partial charge is 0.507 e. The van der Waals surface area contributed by atoms with Crippen LogP contribution < -0.4 is 4.74 Å². The molecule has 3 heterocycles. The summed E-state index contributed by atoms with van der Waals surface area (Å²) in [6.07, 6.45) is 4.96. The highest BCUT2D eigenvalue weighted by molar-refractivity contribution is 6.46. The molecule has 33 heavy (non-hydrogen) atoms. The Balaban J connectivity index is 1.68. The lowest BCUT2D eigenvalue weighted by Crippen LogP contribution is -2.29. The van der Waals surface area contributed by atoms with Crippen molar-refractivity contribution in [1.82, 2.24) is 14.9 Å². The van der Waals surface area contributed by atoms with Crippen LogP contribution >= 0.6 is 0 Å². The fourth-order valence-electron chi connectivity index (χ4n) is 4.28. The molecule has 5 rings (SSSR count). The van der Waals surface area contributed by atoms with Gasteiger partial charge in [0, 0.05) is 41.6 Å². The third kappa shape index (κ3) is 3.53. The number of likely N-dealkylation sites (tertiary alicyclic amines) is 1. The number of hydrogen-bond acceptors (Lipinski definition) is 5. The van der Waals surface area contributed by atoms with Crippen molar-refractivity contribution in [1.29, 1.82) is 0 Å². The van der Waals surface area contributed by atoms with Gasteiger partial charge in [0.05, 0.1) is 18.7 Å². The van der Waals surface area contributed by atoms with Crippen molar-refractivity contribution in [3.05, 3.63) is 102 Å². The maximum atomic E-state index is 13.2. The Morgan fingerprint density at radius 1 is 1.09 bits per heavy atom. The van der Waals surface area contributed by atoms with Gasteiger partial charge in [0.15, 0.2) is 0 Å². The lowest BCUT2D eigenvalue weighted by atomic mass is 9.95. The zero-order valence-electron chi connectivity index (χ0n) is 17.9. The number of aliphatic hydroxyl groups is 1. The van der Waals surface area contributed by atoms with Crippen LogP contribution in [0.2, 0.25) is 0 Å². The van der Waals surface area contributed by atoms with Crippen molar-refractivity contribution in [3.8, 4) is 5.75 Å². The molecule has 0 aliphatic carbocycles. The molecule has 1 fully saturated rings. The maximum Gasteiger partial charge on any atom is 0.295 e. The zero-order chi connectivity index (χ0) is 22.9. The van der Waals surface area contributed by atoms with Crippen molar-refractivity contribution >= 4 is 28.4 Å². The molecule has 164 valence electrons. The van der Waals surface area contributed by atoms with Crippen molar-refractivity contribution in [2.75, 3.05) is 7.11 Å². The summed E-state index contributed by atoms with van der Waals surface area (Å²) >= 11 is 0. The number of nitrogens with one attached hydrogen (secondary N) is 1. The van der Waals surface area contributed by atoms with Crippen LogP contribution in [0.3, 0.4) is 0 Å². The smallest absolute Gasteiger partial charge is 0.295 e. The van der Waals surface area contributed by atoms with Crippen LogP contribution in [0.1, 0.15) is 22.7 Å². The number of hydrogen-bond donors (Lipinski definition) is 2. The van der Waals surface area contributed by atoms with Crippen LogP contribution in [-0.2, 0) is 16.1 Å². The van der Waals surface area contributed by atoms with E-state index in [-0.39, 0.29) is 17.9 Å². The minimum Gasteiger partial charge on any atom is -0.507 e. The lowest BCUT2D eigenvalue weighted by Gasteiger charge is -2.25. The number of para-hydroxylation sites is 1. The van der Waals surface area contributed by atoms with Crippen LogP contribution in [0.4, 0.5) is 0 Å². The van der Waals surface area contributed by atoms with Crippen LogP contribution in [0.5, 0.6) is 5.75 Å². The molecule has 4 aromatic rings. The number of methoxy groups -OCH3 is 1. The standard InChI is InChI=1S/C26H21N3O4/c1-33-18-10-8-17(9-11-18)23-22(24(30)20-14-28-21-7-3-2-6-19(20)21)25(31)26(32)29(23)15-16-5-4-12-27-13-16/h2-14,23,28,30H,15H2,1H3/b24-22-. The summed E-state index contributed by atoms with van der Waals surface area (Å²) in [5, 5.41) is 12.1. The second-order valence-corrected chi connectivity index (χ2v) is 7.81. The number of aromatic amines is 1. The Morgan fingerprint density at radius 2 is 1.88 bits per heavy atom. The Hall–Kier alpha value is -4.39. The number of benzene rings is 2. The number of ketones is 1. The first kappa shape index (κ1) is 20.5. The summed E-state index contributed by atoms with van der Waals surface area (Å²) in [6.45, 7) is 0.180. The highest BCUT2D eigenvalue weighted by Crippen LogP contribution is 2.41. The Bertz CT molecular complexity index is 1370. The van der Waals surface area contributed by atoms with Crippen molar-refractivity contribution in [3.63, 3.8) is 0 Å². The first-order valence-electron chi connectivity index (χ1n) is 10.5. The number of fused-ring (bicyclic) bond motifs is 1.